The summed E-state index contributed by atoms with van der Waals surface area (Å²) in [6.45, 7) is 6.47. The first kappa shape index (κ1) is 15.8. The number of ether oxygens (including phenoxy) is 1. The molecule has 2 rings (SSSR count). The summed E-state index contributed by atoms with van der Waals surface area (Å²) >= 11 is 3.44. The molecule has 114 valence electrons. The van der Waals surface area contributed by atoms with E-state index in [-0.39, 0.29) is 5.91 Å². The Labute approximate surface area is 132 Å². The second-order valence-electron chi connectivity index (χ2n) is 5.49. The van der Waals surface area contributed by atoms with Gasteiger partial charge in [0, 0.05) is 18.1 Å². The number of aromatic nitrogens is 2. The summed E-state index contributed by atoms with van der Waals surface area (Å²) in [5.74, 6) is 0.756. The van der Waals surface area contributed by atoms with Gasteiger partial charge in [0.25, 0.3) is 5.91 Å². The maximum Gasteiger partial charge on any atom is 0.260 e. The number of amides is 1. The van der Waals surface area contributed by atoms with Gasteiger partial charge in [-0.3, -0.25) is 9.48 Å². The molecule has 0 fully saturated rings. The summed E-state index contributed by atoms with van der Waals surface area (Å²) in [6.07, 6.45) is -0.583. The van der Waals surface area contributed by atoms with E-state index in [2.05, 4.69) is 40.2 Å². The van der Waals surface area contributed by atoms with Crippen molar-refractivity contribution in [2.24, 2.45) is 13.0 Å². The molecule has 0 saturated heterocycles. The first-order valence-electron chi connectivity index (χ1n) is 6.95. The zero-order valence-electron chi connectivity index (χ0n) is 12.7. The maximum absolute atomic E-state index is 12.0. The van der Waals surface area contributed by atoms with Crippen molar-refractivity contribution in [3.05, 3.63) is 22.7 Å². The van der Waals surface area contributed by atoms with Crippen molar-refractivity contribution in [3.63, 3.8) is 0 Å². The van der Waals surface area contributed by atoms with Crippen molar-refractivity contribution in [2.45, 2.75) is 26.9 Å². The van der Waals surface area contributed by atoms with Gasteiger partial charge in [-0.1, -0.05) is 29.8 Å². The van der Waals surface area contributed by atoms with E-state index in [9.17, 15) is 4.79 Å². The lowest BCUT2D eigenvalue weighted by atomic mass is 10.2. The Kier molecular flexibility index (Phi) is 4.88. The number of nitrogens with zero attached hydrogens (tertiary/aromatic N) is 2. The van der Waals surface area contributed by atoms with Crippen LogP contribution in [0.25, 0.3) is 10.9 Å². The molecule has 0 spiro atoms. The molecule has 0 aliphatic carbocycles. The minimum absolute atomic E-state index is 0.127. The number of carbonyl (C=O) groups excluding carboxylic acids is 1. The van der Waals surface area contributed by atoms with Crippen LogP contribution in [0.1, 0.15) is 20.8 Å². The third-order valence-corrected chi connectivity index (χ3v) is 3.61. The number of benzene rings is 1. The van der Waals surface area contributed by atoms with Crippen molar-refractivity contribution in [1.29, 1.82) is 0 Å². The number of aryl methyl sites for hydroxylation is 1. The van der Waals surface area contributed by atoms with E-state index < -0.39 is 6.10 Å². The van der Waals surface area contributed by atoms with E-state index in [1.54, 1.807) is 11.6 Å². The molecule has 0 bridgehead atoms. The van der Waals surface area contributed by atoms with E-state index in [0.29, 0.717) is 18.3 Å². The predicted octanol–water partition coefficient (Wildman–Crippen LogP) is 2.88. The molecular formula is C15H20BrN3O2. The van der Waals surface area contributed by atoms with Crippen LogP contribution in [0.2, 0.25) is 0 Å². The highest BCUT2D eigenvalue weighted by Gasteiger charge is 2.18. The van der Waals surface area contributed by atoms with Gasteiger partial charge in [0.1, 0.15) is 0 Å². The predicted molar refractivity (Wildman–Crippen MR) is 86.4 cm³/mol. The molecular weight excluding hydrogens is 334 g/mol. The van der Waals surface area contributed by atoms with Gasteiger partial charge in [-0.15, -0.1) is 5.10 Å². The van der Waals surface area contributed by atoms with Crippen LogP contribution in [0, 0.1) is 5.92 Å². The smallest absolute Gasteiger partial charge is 0.260 e. The number of nitrogens with one attached hydrogen (secondary N) is 1. The Morgan fingerprint density at radius 2 is 2.14 bits per heavy atom. The quantitative estimate of drug-likeness (QED) is 0.898. The molecule has 21 heavy (non-hydrogen) atoms. The molecule has 1 aromatic carbocycles. The van der Waals surface area contributed by atoms with Crippen LogP contribution in [0.15, 0.2) is 22.7 Å². The average Bonchev–Trinajstić information content (AvgIpc) is 2.72. The van der Waals surface area contributed by atoms with Gasteiger partial charge in [-0.05, 0) is 31.0 Å². The molecule has 0 radical (unpaired) electrons. The van der Waals surface area contributed by atoms with Gasteiger partial charge in [-0.25, -0.2) is 0 Å². The molecule has 0 aliphatic heterocycles. The van der Waals surface area contributed by atoms with Crippen molar-refractivity contribution in [2.75, 3.05) is 6.54 Å². The lowest BCUT2D eigenvalue weighted by Crippen LogP contribution is -2.38. The first-order chi connectivity index (χ1) is 9.88. The maximum atomic E-state index is 12.0. The molecule has 5 nitrogen and oxygen atoms in total. The first-order valence-corrected chi connectivity index (χ1v) is 7.74. The Balaban J connectivity index is 2.16. The molecule has 6 heteroatoms. The molecule has 1 heterocycles. The van der Waals surface area contributed by atoms with E-state index in [4.69, 9.17) is 4.74 Å². The summed E-state index contributed by atoms with van der Waals surface area (Å²) in [5, 5.41) is 8.09. The summed E-state index contributed by atoms with van der Waals surface area (Å²) < 4.78 is 8.43. The lowest BCUT2D eigenvalue weighted by Gasteiger charge is -2.14. The fourth-order valence-corrected chi connectivity index (χ4v) is 2.32. The van der Waals surface area contributed by atoms with Gasteiger partial charge in [0.2, 0.25) is 5.88 Å². The molecule has 1 atom stereocenters. The Morgan fingerprint density at radius 3 is 2.81 bits per heavy atom. The van der Waals surface area contributed by atoms with Crippen LogP contribution in [0.4, 0.5) is 0 Å². The highest BCUT2D eigenvalue weighted by molar-refractivity contribution is 9.10. The van der Waals surface area contributed by atoms with Crippen LogP contribution >= 0.6 is 15.9 Å². The van der Waals surface area contributed by atoms with Gasteiger partial charge >= 0.3 is 0 Å². The monoisotopic (exact) mass is 353 g/mol. The Hall–Kier alpha value is -1.56. The van der Waals surface area contributed by atoms with Crippen LogP contribution in [-0.4, -0.2) is 28.3 Å². The van der Waals surface area contributed by atoms with Gasteiger partial charge in [0.05, 0.1) is 10.9 Å². The highest BCUT2D eigenvalue weighted by atomic mass is 79.9. The van der Waals surface area contributed by atoms with E-state index in [1.807, 2.05) is 25.2 Å². The summed E-state index contributed by atoms with van der Waals surface area (Å²) in [4.78, 5) is 12.0. The largest absolute Gasteiger partial charge is 0.463 e. The highest BCUT2D eigenvalue weighted by Crippen LogP contribution is 2.28. The summed E-state index contributed by atoms with van der Waals surface area (Å²) in [6, 6.07) is 5.85. The van der Waals surface area contributed by atoms with E-state index in [1.165, 1.54) is 0 Å². The number of hydrogen-bond acceptors (Lipinski definition) is 3. The molecule has 1 N–H and O–H groups in total. The van der Waals surface area contributed by atoms with Crippen molar-refractivity contribution < 1.29 is 9.53 Å². The molecule has 1 aromatic heterocycles. The topological polar surface area (TPSA) is 56.1 Å². The van der Waals surface area contributed by atoms with Crippen molar-refractivity contribution in [1.82, 2.24) is 15.1 Å². The Morgan fingerprint density at radius 1 is 1.43 bits per heavy atom. The number of halogens is 1. The van der Waals surface area contributed by atoms with Gasteiger partial charge in [0.15, 0.2) is 6.10 Å². The van der Waals surface area contributed by atoms with Crippen LogP contribution < -0.4 is 10.1 Å². The molecule has 0 unspecified atom stereocenters. The van der Waals surface area contributed by atoms with E-state index in [0.717, 1.165) is 15.4 Å². The molecule has 1 amide bonds. The summed E-state index contributed by atoms with van der Waals surface area (Å²) in [5.41, 5.74) is 0.961. The molecule has 2 aromatic rings. The Bertz CT molecular complexity index is 652. The number of rotatable bonds is 5. The molecule has 0 saturated carbocycles. The number of hydrogen-bond donors (Lipinski definition) is 1. The average molecular weight is 354 g/mol. The van der Waals surface area contributed by atoms with Crippen LogP contribution in [-0.2, 0) is 11.8 Å². The summed E-state index contributed by atoms with van der Waals surface area (Å²) in [7, 11) is 1.85. The second kappa shape index (κ2) is 6.47. The fraction of sp³-hybridized carbons (Fsp3) is 0.467. The number of carbonyl (C=O) groups is 1. The van der Waals surface area contributed by atoms with Crippen molar-refractivity contribution >= 4 is 32.7 Å². The van der Waals surface area contributed by atoms with Crippen molar-refractivity contribution in [3.8, 4) is 5.88 Å². The fourth-order valence-electron chi connectivity index (χ4n) is 1.96. The third kappa shape index (κ3) is 3.75. The normalized spacial score (nSPS) is 12.7. The standard InChI is InChI=1S/C15H20BrN3O2/c1-9(2)8-17-14(20)10(3)21-15-12-7-11(16)5-6-13(12)19(4)18-15/h5-7,9-10H,8H2,1-4H3,(H,17,20)/t10-/m0/s1. The van der Waals surface area contributed by atoms with Gasteiger partial charge in [-0.2, -0.15) is 0 Å². The minimum Gasteiger partial charge on any atom is -0.463 e. The third-order valence-electron chi connectivity index (χ3n) is 3.12. The SMILES string of the molecule is CC(C)CNC(=O)[C@H](C)Oc1nn(C)c2ccc(Br)cc12. The van der Waals surface area contributed by atoms with Crippen LogP contribution in [0.3, 0.4) is 0 Å². The van der Waals surface area contributed by atoms with Gasteiger partial charge < -0.3 is 10.1 Å². The lowest BCUT2D eigenvalue weighted by molar-refractivity contribution is -0.127. The second-order valence-corrected chi connectivity index (χ2v) is 6.40. The zero-order chi connectivity index (χ0) is 15.6. The van der Waals surface area contributed by atoms with Crippen LogP contribution in [0.5, 0.6) is 5.88 Å². The number of fused-ring (bicyclic) bond motifs is 1. The van der Waals surface area contributed by atoms with E-state index >= 15 is 0 Å². The zero-order valence-corrected chi connectivity index (χ0v) is 14.3. The minimum atomic E-state index is -0.583. The molecule has 0 aliphatic rings.